The van der Waals surface area contributed by atoms with Gasteiger partial charge in [-0.25, -0.2) is 0 Å². The lowest BCUT2D eigenvalue weighted by atomic mass is 10.1. The second-order valence-electron chi connectivity index (χ2n) is 5.91. The Balaban J connectivity index is 2.07. The summed E-state index contributed by atoms with van der Waals surface area (Å²) in [5, 5.41) is 3.56. The number of hydrogen-bond acceptors (Lipinski definition) is 1. The van der Waals surface area contributed by atoms with Crippen LogP contribution in [-0.4, -0.2) is 11.2 Å². The average molecular weight is 370 g/mol. The molecule has 0 saturated carbocycles. The third-order valence-electron chi connectivity index (χ3n) is 4.37. The van der Waals surface area contributed by atoms with Gasteiger partial charge in [0, 0.05) is 33.0 Å². The van der Waals surface area contributed by atoms with Crippen LogP contribution < -0.4 is 0 Å². The van der Waals surface area contributed by atoms with Gasteiger partial charge >= 0.3 is 0 Å². The standard InChI is InChI=1S/C21H17Cl2NO/c1-2-25-21(14-6-4-3-5-7-14)24-19-10-8-15(22)12-17(19)18-13-16(23)9-11-20(18)24/h3-13,21H,2H2,1H3. The van der Waals surface area contributed by atoms with Crippen molar-refractivity contribution >= 4 is 45.0 Å². The molecule has 1 aromatic heterocycles. The van der Waals surface area contributed by atoms with E-state index < -0.39 is 0 Å². The normalized spacial score (nSPS) is 12.8. The van der Waals surface area contributed by atoms with Crippen molar-refractivity contribution in [3.05, 3.63) is 82.3 Å². The van der Waals surface area contributed by atoms with Crippen LogP contribution in [0, 0.1) is 0 Å². The van der Waals surface area contributed by atoms with Gasteiger partial charge in [-0.3, -0.25) is 0 Å². The minimum atomic E-state index is -0.214. The molecule has 4 heteroatoms. The van der Waals surface area contributed by atoms with Gasteiger partial charge < -0.3 is 9.30 Å². The summed E-state index contributed by atoms with van der Waals surface area (Å²) in [5.74, 6) is 0. The SMILES string of the molecule is CCOC(c1ccccc1)n1c2ccc(Cl)cc2c2cc(Cl)ccc21. The Bertz CT molecular complexity index is 981. The molecule has 0 bridgehead atoms. The van der Waals surface area contributed by atoms with Crippen LogP contribution in [0.25, 0.3) is 21.8 Å². The molecule has 126 valence electrons. The van der Waals surface area contributed by atoms with Crippen molar-refractivity contribution in [1.29, 1.82) is 0 Å². The molecule has 1 unspecified atom stereocenters. The van der Waals surface area contributed by atoms with Gasteiger partial charge in [-0.15, -0.1) is 0 Å². The van der Waals surface area contributed by atoms with Crippen LogP contribution in [0.3, 0.4) is 0 Å². The molecule has 0 saturated heterocycles. The van der Waals surface area contributed by atoms with E-state index in [1.165, 1.54) is 0 Å². The van der Waals surface area contributed by atoms with Crippen LogP contribution in [0.2, 0.25) is 10.0 Å². The van der Waals surface area contributed by atoms with Crippen molar-refractivity contribution in [1.82, 2.24) is 4.57 Å². The average Bonchev–Trinajstić information content (AvgIpc) is 2.93. The highest BCUT2D eigenvalue weighted by atomic mass is 35.5. The van der Waals surface area contributed by atoms with Crippen LogP contribution in [0.15, 0.2) is 66.7 Å². The van der Waals surface area contributed by atoms with Crippen LogP contribution in [-0.2, 0) is 4.74 Å². The first kappa shape index (κ1) is 16.5. The predicted octanol–water partition coefficient (Wildman–Crippen LogP) is 6.68. The summed E-state index contributed by atoms with van der Waals surface area (Å²) >= 11 is 12.5. The Kier molecular flexibility index (Phi) is 4.43. The van der Waals surface area contributed by atoms with E-state index in [1.54, 1.807) is 0 Å². The number of benzene rings is 3. The number of halogens is 2. The second-order valence-corrected chi connectivity index (χ2v) is 6.78. The van der Waals surface area contributed by atoms with E-state index in [1.807, 2.05) is 61.5 Å². The maximum atomic E-state index is 6.25. The summed E-state index contributed by atoms with van der Waals surface area (Å²) in [4.78, 5) is 0. The molecule has 0 spiro atoms. The fourth-order valence-corrected chi connectivity index (χ4v) is 3.69. The van der Waals surface area contributed by atoms with Gasteiger partial charge in [-0.2, -0.15) is 0 Å². The lowest BCUT2D eigenvalue weighted by Crippen LogP contribution is -2.14. The molecule has 0 N–H and O–H groups in total. The quantitative estimate of drug-likeness (QED) is 0.391. The highest BCUT2D eigenvalue weighted by Crippen LogP contribution is 2.37. The third kappa shape index (κ3) is 2.91. The molecule has 0 amide bonds. The largest absolute Gasteiger partial charge is 0.354 e. The first-order chi connectivity index (χ1) is 12.2. The molecule has 1 heterocycles. The van der Waals surface area contributed by atoms with E-state index >= 15 is 0 Å². The molecule has 4 aromatic rings. The van der Waals surface area contributed by atoms with Gasteiger partial charge in [0.25, 0.3) is 0 Å². The molecular formula is C21H17Cl2NO. The second kappa shape index (κ2) is 6.72. The lowest BCUT2D eigenvalue weighted by Gasteiger charge is -2.22. The molecule has 4 rings (SSSR count). The fourth-order valence-electron chi connectivity index (χ4n) is 3.35. The fraction of sp³-hybridized carbons (Fsp3) is 0.143. The summed E-state index contributed by atoms with van der Waals surface area (Å²) in [6, 6.07) is 22.1. The Morgan fingerprint density at radius 2 is 1.40 bits per heavy atom. The van der Waals surface area contributed by atoms with Crippen LogP contribution in [0.4, 0.5) is 0 Å². The van der Waals surface area contributed by atoms with Crippen molar-refractivity contribution in [3.8, 4) is 0 Å². The molecule has 0 radical (unpaired) electrons. The highest BCUT2D eigenvalue weighted by Gasteiger charge is 2.20. The number of rotatable bonds is 4. The van der Waals surface area contributed by atoms with E-state index in [-0.39, 0.29) is 6.23 Å². The molecule has 25 heavy (non-hydrogen) atoms. The smallest absolute Gasteiger partial charge is 0.160 e. The molecule has 0 fully saturated rings. The highest BCUT2D eigenvalue weighted by molar-refractivity contribution is 6.33. The molecule has 0 aliphatic rings. The summed E-state index contributed by atoms with van der Waals surface area (Å²) in [7, 11) is 0. The Labute approximate surface area is 156 Å². The maximum absolute atomic E-state index is 6.25. The number of ether oxygens (including phenoxy) is 1. The summed E-state index contributed by atoms with van der Waals surface area (Å²) in [5.41, 5.74) is 3.25. The van der Waals surface area contributed by atoms with Crippen molar-refractivity contribution in [2.45, 2.75) is 13.2 Å². The number of fused-ring (bicyclic) bond motifs is 3. The minimum absolute atomic E-state index is 0.214. The molecular weight excluding hydrogens is 353 g/mol. The van der Waals surface area contributed by atoms with Gasteiger partial charge in [-0.05, 0) is 43.3 Å². The third-order valence-corrected chi connectivity index (χ3v) is 4.84. The zero-order chi connectivity index (χ0) is 17.4. The van der Waals surface area contributed by atoms with E-state index in [2.05, 4.69) is 16.7 Å². The predicted molar refractivity (Wildman–Crippen MR) is 106 cm³/mol. The molecule has 1 atom stereocenters. The first-order valence-corrected chi connectivity index (χ1v) is 9.00. The van der Waals surface area contributed by atoms with Crippen LogP contribution >= 0.6 is 23.2 Å². The Morgan fingerprint density at radius 3 is 1.92 bits per heavy atom. The van der Waals surface area contributed by atoms with Crippen molar-refractivity contribution in [2.24, 2.45) is 0 Å². The van der Waals surface area contributed by atoms with E-state index in [4.69, 9.17) is 27.9 Å². The van der Waals surface area contributed by atoms with Gasteiger partial charge in [0.1, 0.15) is 0 Å². The minimum Gasteiger partial charge on any atom is -0.354 e. The zero-order valence-corrected chi connectivity index (χ0v) is 15.3. The summed E-state index contributed by atoms with van der Waals surface area (Å²) < 4.78 is 8.36. The maximum Gasteiger partial charge on any atom is 0.160 e. The number of aromatic nitrogens is 1. The van der Waals surface area contributed by atoms with E-state index in [9.17, 15) is 0 Å². The van der Waals surface area contributed by atoms with Crippen LogP contribution in [0.1, 0.15) is 18.7 Å². The molecule has 3 aromatic carbocycles. The van der Waals surface area contributed by atoms with E-state index in [0.29, 0.717) is 16.7 Å². The van der Waals surface area contributed by atoms with Gasteiger partial charge in [0.15, 0.2) is 6.23 Å². The zero-order valence-electron chi connectivity index (χ0n) is 13.7. The van der Waals surface area contributed by atoms with Gasteiger partial charge in [0.05, 0.1) is 11.0 Å². The van der Waals surface area contributed by atoms with Crippen molar-refractivity contribution in [2.75, 3.05) is 6.61 Å². The molecule has 2 nitrogen and oxygen atoms in total. The number of hydrogen-bond donors (Lipinski definition) is 0. The summed E-state index contributed by atoms with van der Waals surface area (Å²) in [6.07, 6.45) is -0.214. The van der Waals surface area contributed by atoms with Gasteiger partial charge in [0.2, 0.25) is 0 Å². The molecule has 0 aliphatic heterocycles. The van der Waals surface area contributed by atoms with Crippen molar-refractivity contribution in [3.63, 3.8) is 0 Å². The topological polar surface area (TPSA) is 14.2 Å². The van der Waals surface area contributed by atoms with Crippen molar-refractivity contribution < 1.29 is 4.74 Å². The number of nitrogens with zero attached hydrogens (tertiary/aromatic N) is 1. The molecule has 0 aliphatic carbocycles. The van der Waals surface area contributed by atoms with Gasteiger partial charge in [-0.1, -0.05) is 53.5 Å². The van der Waals surface area contributed by atoms with Crippen LogP contribution in [0.5, 0.6) is 0 Å². The Hall–Kier alpha value is -2.00. The first-order valence-electron chi connectivity index (χ1n) is 8.24. The van der Waals surface area contributed by atoms with E-state index in [0.717, 1.165) is 27.4 Å². The monoisotopic (exact) mass is 369 g/mol. The Morgan fingerprint density at radius 1 is 0.840 bits per heavy atom. The lowest BCUT2D eigenvalue weighted by molar-refractivity contribution is 0.0470. The summed E-state index contributed by atoms with van der Waals surface area (Å²) in [6.45, 7) is 2.62.